The molecular formula is C36H53ClN4O8. The fourth-order valence-corrected chi connectivity index (χ4v) is 5.50. The fraction of sp³-hybridized carbons (Fsp3) is 0.583. The lowest BCUT2D eigenvalue weighted by atomic mass is 10.0. The van der Waals surface area contributed by atoms with Gasteiger partial charge >= 0.3 is 12.1 Å². The van der Waals surface area contributed by atoms with Crippen LogP contribution < -0.4 is 21.3 Å². The second-order valence-electron chi connectivity index (χ2n) is 13.1. The van der Waals surface area contributed by atoms with Crippen LogP contribution in [-0.4, -0.2) is 72.2 Å². The summed E-state index contributed by atoms with van der Waals surface area (Å²) in [5, 5.41) is 4.23. The molecule has 2 fully saturated rings. The van der Waals surface area contributed by atoms with Gasteiger partial charge in [0.15, 0.2) is 0 Å². The number of aromatic nitrogens is 1. The maximum Gasteiger partial charge on any atom is 0.408 e. The molecule has 0 bridgehead atoms. The molecule has 12 nitrogen and oxygen atoms in total. The fourth-order valence-electron chi connectivity index (χ4n) is 5.33. The normalized spacial score (nSPS) is 19.6. The van der Waals surface area contributed by atoms with Gasteiger partial charge in [0.1, 0.15) is 23.9 Å². The molecule has 1 aliphatic carbocycles. The number of methoxy groups -OCH3 is 1. The van der Waals surface area contributed by atoms with E-state index in [9.17, 15) is 24.0 Å². The van der Waals surface area contributed by atoms with Crippen LogP contribution in [0, 0.1) is 17.8 Å². The third-order valence-corrected chi connectivity index (χ3v) is 8.16. The summed E-state index contributed by atoms with van der Waals surface area (Å²) in [7, 11) is 1.56. The first-order chi connectivity index (χ1) is 23.1. The van der Waals surface area contributed by atoms with Gasteiger partial charge in [-0.25, -0.2) is 4.79 Å². The molecule has 2 aliphatic rings. The highest BCUT2D eigenvalue weighted by Crippen LogP contribution is 2.40. The first kappa shape index (κ1) is 41.1. The number of nitrogens with one attached hydrogen (secondary N) is 2. The highest BCUT2D eigenvalue weighted by molar-refractivity contribution is 6.31. The molecule has 3 amide bonds. The molecular weight excluding hydrogens is 652 g/mol. The number of carbonyl (C=O) groups excluding carboxylic acids is 4. The molecule has 0 spiro atoms. The number of rotatable bonds is 11. The number of halogens is 1. The van der Waals surface area contributed by atoms with Crippen molar-refractivity contribution in [3.8, 4) is 5.75 Å². The second-order valence-corrected chi connectivity index (χ2v) is 13.6. The number of likely N-dealkylation sites (tertiary alicyclic amines) is 1. The summed E-state index contributed by atoms with van der Waals surface area (Å²) in [5.41, 5.74) is 4.53. The Hall–Kier alpha value is -4.06. The Balaban J connectivity index is 0.000000260. The van der Waals surface area contributed by atoms with Crippen molar-refractivity contribution < 1.29 is 33.4 Å². The lowest BCUT2D eigenvalue weighted by Gasteiger charge is -2.25. The molecule has 4 N–H and O–H groups in total. The summed E-state index contributed by atoms with van der Waals surface area (Å²) in [6.45, 7) is 11.9. The van der Waals surface area contributed by atoms with Gasteiger partial charge in [-0.15, -0.1) is 0 Å². The summed E-state index contributed by atoms with van der Waals surface area (Å²) in [6, 6.07) is 4.53. The van der Waals surface area contributed by atoms with Crippen LogP contribution >= 0.6 is 11.6 Å². The Kier molecular flexibility index (Phi) is 16.6. The molecule has 1 saturated heterocycles. The summed E-state index contributed by atoms with van der Waals surface area (Å²) in [6.07, 6.45) is 12.0. The number of allylic oxidation sites excluding steroid dienone is 2. The average Bonchev–Trinajstić information content (AvgIpc) is 3.71. The number of nitrogens with zero attached hydrogens (tertiary/aromatic N) is 1. The number of hydrogen-bond acceptors (Lipinski definition) is 8. The van der Waals surface area contributed by atoms with E-state index in [2.05, 4.69) is 29.4 Å². The van der Waals surface area contributed by atoms with Crippen LogP contribution in [0.2, 0.25) is 5.02 Å². The van der Waals surface area contributed by atoms with Crippen LogP contribution in [0.4, 0.5) is 4.79 Å². The molecule has 49 heavy (non-hydrogen) atoms. The van der Waals surface area contributed by atoms with Crippen molar-refractivity contribution in [3.05, 3.63) is 51.9 Å². The van der Waals surface area contributed by atoms with E-state index in [0.29, 0.717) is 35.2 Å². The zero-order chi connectivity index (χ0) is 36.7. The number of ether oxygens (including phenoxy) is 3. The number of alkyl carbamates (subject to hydrolysis) is 1. The maximum atomic E-state index is 12.0. The Morgan fingerprint density at radius 2 is 1.86 bits per heavy atom. The van der Waals surface area contributed by atoms with Gasteiger partial charge in [-0.05, 0) is 83.4 Å². The molecule has 4 unspecified atom stereocenters. The Bertz CT molecular complexity index is 1500. The number of unbranched alkanes of at least 4 members (excludes halogenated alkanes) is 3. The minimum absolute atomic E-state index is 0.0132. The Morgan fingerprint density at radius 1 is 1.14 bits per heavy atom. The van der Waals surface area contributed by atoms with Crippen molar-refractivity contribution >= 4 is 46.3 Å². The topological polar surface area (TPSA) is 170 Å². The van der Waals surface area contributed by atoms with Gasteiger partial charge < -0.3 is 35.1 Å². The van der Waals surface area contributed by atoms with Crippen molar-refractivity contribution in [1.29, 1.82) is 0 Å². The van der Waals surface area contributed by atoms with Gasteiger partial charge in [-0.3, -0.25) is 19.2 Å². The minimum Gasteiger partial charge on any atom is -0.495 e. The van der Waals surface area contributed by atoms with Crippen LogP contribution in [0.3, 0.4) is 0 Å². The highest BCUT2D eigenvalue weighted by atomic mass is 35.5. The largest absolute Gasteiger partial charge is 0.495 e. The molecule has 1 aromatic heterocycles. The minimum atomic E-state index is -0.659. The Morgan fingerprint density at radius 3 is 2.47 bits per heavy atom. The third-order valence-electron chi connectivity index (χ3n) is 7.93. The predicted molar refractivity (Wildman–Crippen MR) is 190 cm³/mol. The zero-order valence-electron chi connectivity index (χ0n) is 29.8. The summed E-state index contributed by atoms with van der Waals surface area (Å²) in [4.78, 5) is 61.6. The van der Waals surface area contributed by atoms with Crippen LogP contribution in [0.1, 0.15) is 80.1 Å². The molecule has 4 atom stereocenters. The van der Waals surface area contributed by atoms with Gasteiger partial charge in [0.2, 0.25) is 11.8 Å². The molecule has 4 rings (SSSR count). The van der Waals surface area contributed by atoms with E-state index in [-0.39, 0.29) is 35.8 Å². The van der Waals surface area contributed by atoms with Gasteiger partial charge in [-0.2, -0.15) is 0 Å². The quantitative estimate of drug-likeness (QED) is 0.151. The first-order valence-corrected chi connectivity index (χ1v) is 17.2. The molecule has 13 heteroatoms. The van der Waals surface area contributed by atoms with Crippen molar-refractivity contribution in [1.82, 2.24) is 15.2 Å². The summed E-state index contributed by atoms with van der Waals surface area (Å²) < 4.78 is 15.1. The van der Waals surface area contributed by atoms with Crippen molar-refractivity contribution in [2.24, 2.45) is 23.5 Å². The lowest BCUT2D eigenvalue weighted by molar-refractivity contribution is -0.144. The number of fused-ring (bicyclic) bond motifs is 1. The number of carbonyl (C=O) groups is 4. The van der Waals surface area contributed by atoms with E-state index in [0.717, 1.165) is 24.6 Å². The number of nitrogens with two attached hydrogens (primary N) is 1. The molecule has 0 radical (unpaired) electrons. The third kappa shape index (κ3) is 13.8. The first-order valence-electron chi connectivity index (χ1n) is 16.9. The van der Waals surface area contributed by atoms with E-state index >= 15 is 0 Å². The number of primary amides is 1. The number of amides is 3. The van der Waals surface area contributed by atoms with Crippen LogP contribution in [0.25, 0.3) is 10.8 Å². The average molecular weight is 705 g/mol. The van der Waals surface area contributed by atoms with Gasteiger partial charge in [-0.1, -0.05) is 50.4 Å². The molecule has 2 heterocycles. The number of pyridine rings is 1. The highest BCUT2D eigenvalue weighted by Gasteiger charge is 2.42. The van der Waals surface area contributed by atoms with E-state index in [1.54, 1.807) is 52.3 Å². The molecule has 1 saturated carbocycles. The van der Waals surface area contributed by atoms with Crippen molar-refractivity contribution in [3.63, 3.8) is 0 Å². The van der Waals surface area contributed by atoms with E-state index in [1.807, 2.05) is 13.8 Å². The Labute approximate surface area is 294 Å². The van der Waals surface area contributed by atoms with E-state index < -0.39 is 23.6 Å². The van der Waals surface area contributed by atoms with Crippen molar-refractivity contribution in [2.75, 3.05) is 26.8 Å². The maximum absolute atomic E-state index is 12.0. The van der Waals surface area contributed by atoms with Crippen LogP contribution in [-0.2, 0) is 23.9 Å². The second kappa shape index (κ2) is 19.8. The van der Waals surface area contributed by atoms with Crippen molar-refractivity contribution in [2.45, 2.75) is 91.7 Å². The summed E-state index contributed by atoms with van der Waals surface area (Å²) in [5.74, 6) is 0.442. The monoisotopic (exact) mass is 704 g/mol. The number of benzene rings is 1. The molecule has 272 valence electrons. The molecule has 1 aromatic carbocycles. The number of esters is 1. The van der Waals surface area contributed by atoms with Gasteiger partial charge in [0.05, 0.1) is 25.0 Å². The van der Waals surface area contributed by atoms with E-state index in [1.165, 1.54) is 24.2 Å². The van der Waals surface area contributed by atoms with Crippen LogP contribution in [0.15, 0.2) is 41.3 Å². The molecule has 2 aromatic rings. The number of aromatic amines is 1. The van der Waals surface area contributed by atoms with Crippen LogP contribution in [0.5, 0.6) is 5.75 Å². The van der Waals surface area contributed by atoms with E-state index in [4.69, 9.17) is 31.5 Å². The molecule has 1 aliphatic heterocycles. The lowest BCUT2D eigenvalue weighted by Crippen LogP contribution is -2.49. The number of H-pyrrole nitrogens is 1. The zero-order valence-corrected chi connectivity index (χ0v) is 30.6. The smallest absolute Gasteiger partial charge is 0.408 e. The SMILES string of the molecule is CC1CCN(C(=O)CNC(=O)OC(C)(C)C)C1C(N)=O.CCCCC/C=C\C1CC1C(=O)OCC.COc1c[nH]c(=O)c2cc(Cl)ccc12. The number of hydrogen-bond donors (Lipinski definition) is 3. The van der Waals surface area contributed by atoms with Gasteiger partial charge in [0, 0.05) is 23.2 Å². The predicted octanol–water partition coefficient (Wildman–Crippen LogP) is 5.75. The standard InChI is InChI=1S/C13H23N3O4.C13H22O2.C10H8ClNO2/c1-8-5-6-16(10(8)11(14)18)9(17)7-15-12(19)20-13(2,3)4;1-3-5-6-7-8-9-11-10-12(11)13(14)15-4-2;1-14-9-5-12-10(13)8-4-6(11)2-3-7(8)9/h8,10H,5-7H2,1-4H3,(H2,14,18)(H,15,19);8-9,11-12H,3-7,10H2,1-2H3;2-5H,1H3,(H,12,13)/b;9-8-;. The summed E-state index contributed by atoms with van der Waals surface area (Å²) >= 11 is 5.79. The van der Waals surface area contributed by atoms with Gasteiger partial charge in [0.25, 0.3) is 5.56 Å².